The molecule has 2 rings (SSSR count). The number of carbonyl (C=O) groups is 1. The molecule has 0 spiro atoms. The average molecular weight is 306 g/mol. The molecule has 1 fully saturated rings. The standard InChI is InChI=1S/C18H27FN2O/c1-15-9-13-21(14-10-15)12-4-11-20-18(22)8-7-16-5-2-3-6-17(16)19/h2-3,5-6,15H,4,7-14H2,1H3,(H,20,22). The van der Waals surface area contributed by atoms with Crippen LogP contribution in [0.4, 0.5) is 4.39 Å². The Bertz CT molecular complexity index is 470. The van der Waals surface area contributed by atoms with Gasteiger partial charge in [0.2, 0.25) is 5.91 Å². The van der Waals surface area contributed by atoms with Crippen LogP contribution in [0.3, 0.4) is 0 Å². The van der Waals surface area contributed by atoms with Gasteiger partial charge in [0.15, 0.2) is 0 Å². The Kier molecular flexibility index (Phi) is 6.84. The molecule has 1 aliphatic heterocycles. The number of carbonyl (C=O) groups excluding carboxylic acids is 1. The van der Waals surface area contributed by atoms with Gasteiger partial charge in [0, 0.05) is 13.0 Å². The zero-order valence-electron chi connectivity index (χ0n) is 13.5. The minimum Gasteiger partial charge on any atom is -0.356 e. The Morgan fingerprint density at radius 1 is 1.32 bits per heavy atom. The first kappa shape index (κ1) is 16.9. The molecule has 0 radical (unpaired) electrons. The third-order valence-corrected chi connectivity index (χ3v) is 4.43. The van der Waals surface area contributed by atoms with Crippen molar-refractivity contribution in [3.05, 3.63) is 35.6 Å². The largest absolute Gasteiger partial charge is 0.356 e. The number of hydrogen-bond donors (Lipinski definition) is 1. The van der Waals surface area contributed by atoms with Crippen molar-refractivity contribution in [3.8, 4) is 0 Å². The van der Waals surface area contributed by atoms with Gasteiger partial charge >= 0.3 is 0 Å². The smallest absolute Gasteiger partial charge is 0.220 e. The normalized spacial score (nSPS) is 16.6. The van der Waals surface area contributed by atoms with Gasteiger partial charge in [0.1, 0.15) is 5.82 Å². The summed E-state index contributed by atoms with van der Waals surface area (Å²) in [5, 5.41) is 2.93. The van der Waals surface area contributed by atoms with E-state index in [4.69, 9.17) is 0 Å². The van der Waals surface area contributed by atoms with E-state index in [0.717, 1.165) is 18.9 Å². The average Bonchev–Trinajstić information content (AvgIpc) is 2.52. The zero-order valence-corrected chi connectivity index (χ0v) is 13.5. The minimum atomic E-state index is -0.227. The molecular formula is C18H27FN2O. The molecule has 0 bridgehead atoms. The van der Waals surface area contributed by atoms with Crippen LogP contribution in [-0.2, 0) is 11.2 Å². The lowest BCUT2D eigenvalue weighted by Crippen LogP contribution is -2.35. The highest BCUT2D eigenvalue weighted by atomic mass is 19.1. The molecule has 4 heteroatoms. The van der Waals surface area contributed by atoms with Crippen LogP contribution in [0.25, 0.3) is 0 Å². The lowest BCUT2D eigenvalue weighted by atomic mass is 9.99. The van der Waals surface area contributed by atoms with Gasteiger partial charge in [-0.3, -0.25) is 4.79 Å². The molecule has 1 amide bonds. The topological polar surface area (TPSA) is 32.3 Å². The lowest BCUT2D eigenvalue weighted by Gasteiger charge is -2.30. The third-order valence-electron chi connectivity index (χ3n) is 4.43. The van der Waals surface area contributed by atoms with Crippen molar-refractivity contribution < 1.29 is 9.18 Å². The SMILES string of the molecule is CC1CCN(CCCNC(=O)CCc2ccccc2F)CC1. The quantitative estimate of drug-likeness (QED) is 0.786. The third kappa shape index (κ3) is 5.76. The molecule has 1 heterocycles. The molecule has 0 saturated carbocycles. The van der Waals surface area contributed by atoms with E-state index in [1.807, 2.05) is 0 Å². The van der Waals surface area contributed by atoms with Crippen LogP contribution in [0, 0.1) is 11.7 Å². The van der Waals surface area contributed by atoms with Crippen LogP contribution in [-0.4, -0.2) is 37.0 Å². The van der Waals surface area contributed by atoms with Gasteiger partial charge in [-0.1, -0.05) is 25.1 Å². The van der Waals surface area contributed by atoms with E-state index in [0.29, 0.717) is 24.9 Å². The number of nitrogens with zero attached hydrogens (tertiary/aromatic N) is 1. The van der Waals surface area contributed by atoms with Gasteiger partial charge in [-0.25, -0.2) is 4.39 Å². The predicted molar refractivity (Wildman–Crippen MR) is 87.2 cm³/mol. The first-order valence-electron chi connectivity index (χ1n) is 8.37. The van der Waals surface area contributed by atoms with Crippen molar-refractivity contribution in [2.75, 3.05) is 26.2 Å². The van der Waals surface area contributed by atoms with E-state index in [-0.39, 0.29) is 11.7 Å². The Hall–Kier alpha value is -1.42. The minimum absolute atomic E-state index is 0.00974. The van der Waals surface area contributed by atoms with Gasteiger partial charge in [-0.2, -0.15) is 0 Å². The van der Waals surface area contributed by atoms with Crippen LogP contribution >= 0.6 is 0 Å². The monoisotopic (exact) mass is 306 g/mol. The summed E-state index contributed by atoms with van der Waals surface area (Å²) in [6.07, 6.45) is 4.37. The molecule has 3 nitrogen and oxygen atoms in total. The molecular weight excluding hydrogens is 279 g/mol. The van der Waals surface area contributed by atoms with Crippen LogP contribution in [0.5, 0.6) is 0 Å². The van der Waals surface area contributed by atoms with Gasteiger partial charge in [-0.05, 0) is 62.9 Å². The number of likely N-dealkylation sites (tertiary alicyclic amines) is 1. The summed E-state index contributed by atoms with van der Waals surface area (Å²) in [6.45, 7) is 6.44. The number of nitrogens with one attached hydrogen (secondary N) is 1. The number of hydrogen-bond acceptors (Lipinski definition) is 2. The second-order valence-electron chi connectivity index (χ2n) is 6.32. The predicted octanol–water partition coefficient (Wildman–Crippen LogP) is 3.00. The van der Waals surface area contributed by atoms with Crippen LogP contribution < -0.4 is 5.32 Å². The fourth-order valence-electron chi connectivity index (χ4n) is 2.85. The lowest BCUT2D eigenvalue weighted by molar-refractivity contribution is -0.121. The van der Waals surface area contributed by atoms with Crippen molar-refractivity contribution in [2.24, 2.45) is 5.92 Å². The number of halogens is 1. The molecule has 22 heavy (non-hydrogen) atoms. The van der Waals surface area contributed by atoms with Crippen molar-refractivity contribution >= 4 is 5.91 Å². The molecule has 1 aromatic carbocycles. The molecule has 0 atom stereocenters. The van der Waals surface area contributed by atoms with Crippen LogP contribution in [0.2, 0.25) is 0 Å². The number of benzene rings is 1. The van der Waals surface area contributed by atoms with E-state index in [2.05, 4.69) is 17.1 Å². The first-order chi connectivity index (χ1) is 10.6. The molecule has 0 aliphatic carbocycles. The van der Waals surface area contributed by atoms with Gasteiger partial charge < -0.3 is 10.2 Å². The Morgan fingerprint density at radius 2 is 2.05 bits per heavy atom. The fourth-order valence-corrected chi connectivity index (χ4v) is 2.85. The highest BCUT2D eigenvalue weighted by Gasteiger charge is 2.14. The number of amides is 1. The van der Waals surface area contributed by atoms with Crippen LogP contribution in [0.1, 0.15) is 38.2 Å². The fraction of sp³-hybridized carbons (Fsp3) is 0.611. The summed E-state index contributed by atoms with van der Waals surface area (Å²) < 4.78 is 13.4. The zero-order chi connectivity index (χ0) is 15.8. The maximum absolute atomic E-state index is 13.4. The Morgan fingerprint density at radius 3 is 2.77 bits per heavy atom. The molecule has 1 aliphatic rings. The Balaban J connectivity index is 1.55. The molecule has 0 aromatic heterocycles. The van der Waals surface area contributed by atoms with Gasteiger partial charge in [0.05, 0.1) is 0 Å². The molecule has 1 aromatic rings. The maximum atomic E-state index is 13.4. The second kappa shape index (κ2) is 8.89. The first-order valence-corrected chi connectivity index (χ1v) is 8.37. The van der Waals surface area contributed by atoms with Crippen molar-refractivity contribution in [2.45, 2.75) is 39.0 Å². The van der Waals surface area contributed by atoms with Gasteiger partial charge in [0.25, 0.3) is 0 Å². The molecule has 1 N–H and O–H groups in total. The second-order valence-corrected chi connectivity index (χ2v) is 6.32. The van der Waals surface area contributed by atoms with E-state index >= 15 is 0 Å². The number of piperidine rings is 1. The van der Waals surface area contributed by atoms with E-state index in [1.165, 1.54) is 32.0 Å². The number of aryl methyl sites for hydroxylation is 1. The molecule has 0 unspecified atom stereocenters. The highest BCUT2D eigenvalue weighted by Crippen LogP contribution is 2.15. The summed E-state index contributed by atoms with van der Waals surface area (Å²) >= 11 is 0. The summed E-state index contributed by atoms with van der Waals surface area (Å²) in [5.41, 5.74) is 0.611. The maximum Gasteiger partial charge on any atom is 0.220 e. The van der Waals surface area contributed by atoms with E-state index in [9.17, 15) is 9.18 Å². The van der Waals surface area contributed by atoms with Crippen molar-refractivity contribution in [3.63, 3.8) is 0 Å². The Labute approximate surface area is 132 Å². The summed E-state index contributed by atoms with van der Waals surface area (Å²) in [6, 6.07) is 6.64. The van der Waals surface area contributed by atoms with Crippen molar-refractivity contribution in [1.82, 2.24) is 10.2 Å². The molecule has 122 valence electrons. The van der Waals surface area contributed by atoms with E-state index in [1.54, 1.807) is 18.2 Å². The summed E-state index contributed by atoms with van der Waals surface area (Å²) in [4.78, 5) is 14.3. The number of rotatable bonds is 7. The highest BCUT2D eigenvalue weighted by molar-refractivity contribution is 5.76. The van der Waals surface area contributed by atoms with E-state index < -0.39 is 0 Å². The van der Waals surface area contributed by atoms with Crippen LogP contribution in [0.15, 0.2) is 24.3 Å². The van der Waals surface area contributed by atoms with Gasteiger partial charge in [-0.15, -0.1) is 0 Å². The molecule has 1 saturated heterocycles. The summed E-state index contributed by atoms with van der Waals surface area (Å²) in [7, 11) is 0. The van der Waals surface area contributed by atoms with Crippen molar-refractivity contribution in [1.29, 1.82) is 0 Å². The summed E-state index contributed by atoms with van der Waals surface area (Å²) in [5.74, 6) is 0.638.